The first kappa shape index (κ1) is 14.4. The molecule has 3 heteroatoms. The van der Waals surface area contributed by atoms with E-state index in [0.717, 1.165) is 13.0 Å². The molecule has 0 amide bonds. The van der Waals surface area contributed by atoms with E-state index in [1.165, 1.54) is 0 Å². The van der Waals surface area contributed by atoms with Crippen molar-refractivity contribution < 1.29 is 9.53 Å². The monoisotopic (exact) mass is 215 g/mol. The highest BCUT2D eigenvalue weighted by Crippen LogP contribution is 2.05. The summed E-state index contributed by atoms with van der Waals surface area (Å²) >= 11 is 0. The molecule has 0 aromatic carbocycles. The Labute approximate surface area is 93.6 Å². The summed E-state index contributed by atoms with van der Waals surface area (Å²) < 4.78 is 5.11. The predicted octanol–water partition coefficient (Wildman–Crippen LogP) is 2.35. The highest BCUT2D eigenvalue weighted by Gasteiger charge is 2.18. The fourth-order valence-electron chi connectivity index (χ4n) is 1.11. The van der Waals surface area contributed by atoms with Gasteiger partial charge in [0.2, 0.25) is 0 Å². The maximum atomic E-state index is 11.0. The van der Waals surface area contributed by atoms with Gasteiger partial charge in [-0.15, -0.1) is 0 Å². The molecule has 0 saturated heterocycles. The largest absolute Gasteiger partial charge is 0.464 e. The van der Waals surface area contributed by atoms with Crippen LogP contribution in [0.3, 0.4) is 0 Å². The van der Waals surface area contributed by atoms with E-state index in [2.05, 4.69) is 33.0 Å². The third-order valence-electron chi connectivity index (χ3n) is 2.21. The lowest BCUT2D eigenvalue weighted by Crippen LogP contribution is -2.44. The summed E-state index contributed by atoms with van der Waals surface area (Å²) in [4.78, 5) is 11.0. The Morgan fingerprint density at radius 2 is 2.00 bits per heavy atom. The summed E-state index contributed by atoms with van der Waals surface area (Å²) in [5.74, 6) is 0.570. The van der Waals surface area contributed by atoms with Gasteiger partial charge in [0.25, 0.3) is 0 Å². The average Bonchev–Trinajstić information content (AvgIpc) is 2.13. The van der Waals surface area contributed by atoms with Crippen LogP contribution in [0, 0.1) is 5.92 Å². The maximum Gasteiger partial charge on any atom is 0.305 e. The highest BCUT2D eigenvalue weighted by molar-refractivity contribution is 5.68. The van der Waals surface area contributed by atoms with Gasteiger partial charge in [-0.05, 0) is 32.7 Å². The fourth-order valence-corrected chi connectivity index (χ4v) is 1.11. The lowest BCUT2D eigenvalue weighted by atomic mass is 10.1. The second-order valence-electron chi connectivity index (χ2n) is 5.01. The molecule has 15 heavy (non-hydrogen) atoms. The molecule has 0 unspecified atom stereocenters. The molecule has 0 saturated carbocycles. The summed E-state index contributed by atoms with van der Waals surface area (Å²) in [7, 11) is 0. The van der Waals surface area contributed by atoms with Gasteiger partial charge in [0.15, 0.2) is 0 Å². The second-order valence-corrected chi connectivity index (χ2v) is 5.01. The zero-order valence-corrected chi connectivity index (χ0v) is 10.7. The van der Waals surface area contributed by atoms with Crippen LogP contribution in [0.25, 0.3) is 0 Å². The van der Waals surface area contributed by atoms with Gasteiger partial charge in [-0.3, -0.25) is 4.79 Å². The third kappa shape index (κ3) is 8.43. The van der Waals surface area contributed by atoms with E-state index in [0.29, 0.717) is 18.9 Å². The number of esters is 1. The van der Waals surface area contributed by atoms with E-state index in [9.17, 15) is 4.79 Å². The fraction of sp³-hybridized carbons (Fsp3) is 0.917. The van der Waals surface area contributed by atoms with Crippen molar-refractivity contribution in [1.82, 2.24) is 5.32 Å². The van der Waals surface area contributed by atoms with Gasteiger partial charge in [0.1, 0.15) is 6.61 Å². The summed E-state index contributed by atoms with van der Waals surface area (Å²) in [6.45, 7) is 11.7. The number of hydrogen-bond acceptors (Lipinski definition) is 3. The number of carbonyl (C=O) groups excluding carboxylic acids is 1. The Hall–Kier alpha value is -0.570. The minimum Gasteiger partial charge on any atom is -0.464 e. The van der Waals surface area contributed by atoms with Crippen LogP contribution in [0.15, 0.2) is 0 Å². The van der Waals surface area contributed by atoms with Gasteiger partial charge in [0.05, 0.1) is 0 Å². The molecule has 0 rings (SSSR count). The summed E-state index contributed by atoms with van der Waals surface area (Å²) in [5, 5.41) is 3.39. The molecule has 0 spiro atoms. The van der Waals surface area contributed by atoms with Gasteiger partial charge in [-0.25, -0.2) is 0 Å². The van der Waals surface area contributed by atoms with Gasteiger partial charge in [-0.2, -0.15) is 0 Å². The van der Waals surface area contributed by atoms with Gasteiger partial charge >= 0.3 is 5.97 Å². The summed E-state index contributed by atoms with van der Waals surface area (Å²) in [6, 6.07) is 0. The van der Waals surface area contributed by atoms with Gasteiger partial charge < -0.3 is 10.1 Å². The number of nitrogens with one attached hydrogen (secondary N) is 1. The van der Waals surface area contributed by atoms with Crippen molar-refractivity contribution in [3.8, 4) is 0 Å². The van der Waals surface area contributed by atoms with Crippen LogP contribution in [-0.4, -0.2) is 24.7 Å². The van der Waals surface area contributed by atoms with E-state index in [1.54, 1.807) is 0 Å². The Morgan fingerprint density at radius 1 is 1.40 bits per heavy atom. The molecular formula is C12H25NO2. The van der Waals surface area contributed by atoms with Crippen molar-refractivity contribution in [2.24, 2.45) is 5.92 Å². The first-order chi connectivity index (χ1) is 6.87. The molecule has 0 atom stereocenters. The normalized spacial score (nSPS) is 11.9. The molecule has 1 N–H and O–H groups in total. The Kier molecular flexibility index (Phi) is 6.57. The second kappa shape index (κ2) is 6.83. The van der Waals surface area contributed by atoms with Gasteiger partial charge in [0, 0.05) is 12.0 Å². The molecule has 0 aliphatic heterocycles. The van der Waals surface area contributed by atoms with Crippen LogP contribution in [-0.2, 0) is 9.53 Å². The maximum absolute atomic E-state index is 11.0. The number of rotatable bonds is 7. The lowest BCUT2D eigenvalue weighted by Gasteiger charge is -2.26. The molecule has 3 nitrogen and oxygen atoms in total. The van der Waals surface area contributed by atoms with Crippen LogP contribution >= 0.6 is 0 Å². The Morgan fingerprint density at radius 3 is 2.47 bits per heavy atom. The zero-order valence-electron chi connectivity index (χ0n) is 10.7. The van der Waals surface area contributed by atoms with E-state index >= 15 is 0 Å². The first-order valence-corrected chi connectivity index (χ1v) is 5.78. The molecular weight excluding hydrogens is 190 g/mol. The van der Waals surface area contributed by atoms with Crippen LogP contribution in [0.4, 0.5) is 0 Å². The number of hydrogen-bond donors (Lipinski definition) is 1. The van der Waals surface area contributed by atoms with Crippen molar-refractivity contribution in [3.05, 3.63) is 0 Å². The molecule has 0 aliphatic rings. The first-order valence-electron chi connectivity index (χ1n) is 5.78. The molecule has 0 aliphatic carbocycles. The van der Waals surface area contributed by atoms with Crippen LogP contribution in [0.1, 0.15) is 47.5 Å². The van der Waals surface area contributed by atoms with Crippen molar-refractivity contribution in [2.45, 2.75) is 53.0 Å². The van der Waals surface area contributed by atoms with E-state index in [4.69, 9.17) is 4.74 Å². The standard InChI is InChI=1S/C12H25NO2/c1-6-11(14)15-9-12(4,5)13-8-7-10(2)3/h10,13H,6-9H2,1-5H3. The Balaban J connectivity index is 3.71. The molecule has 0 aromatic heterocycles. The predicted molar refractivity (Wildman–Crippen MR) is 62.8 cm³/mol. The van der Waals surface area contributed by atoms with Crippen molar-refractivity contribution >= 4 is 5.97 Å². The van der Waals surface area contributed by atoms with Crippen LogP contribution in [0.2, 0.25) is 0 Å². The van der Waals surface area contributed by atoms with Crippen molar-refractivity contribution in [1.29, 1.82) is 0 Å². The molecule has 0 heterocycles. The van der Waals surface area contributed by atoms with Gasteiger partial charge in [-0.1, -0.05) is 20.8 Å². The minimum absolute atomic E-state index is 0.125. The van der Waals surface area contributed by atoms with Crippen LogP contribution in [0.5, 0.6) is 0 Å². The van der Waals surface area contributed by atoms with Crippen molar-refractivity contribution in [2.75, 3.05) is 13.2 Å². The minimum atomic E-state index is -0.131. The quantitative estimate of drug-likeness (QED) is 0.662. The average molecular weight is 215 g/mol. The zero-order chi connectivity index (χ0) is 11.9. The third-order valence-corrected chi connectivity index (χ3v) is 2.21. The highest BCUT2D eigenvalue weighted by atomic mass is 16.5. The number of ether oxygens (including phenoxy) is 1. The lowest BCUT2D eigenvalue weighted by molar-refractivity contribution is -0.145. The number of carbonyl (C=O) groups is 1. The smallest absolute Gasteiger partial charge is 0.305 e. The molecule has 0 bridgehead atoms. The van der Waals surface area contributed by atoms with Crippen molar-refractivity contribution in [3.63, 3.8) is 0 Å². The summed E-state index contributed by atoms with van der Waals surface area (Å²) in [6.07, 6.45) is 1.59. The SMILES string of the molecule is CCC(=O)OCC(C)(C)NCCC(C)C. The topological polar surface area (TPSA) is 38.3 Å². The molecule has 0 fully saturated rings. The van der Waals surface area contributed by atoms with E-state index < -0.39 is 0 Å². The molecule has 0 radical (unpaired) electrons. The van der Waals surface area contributed by atoms with E-state index in [1.807, 2.05) is 6.92 Å². The summed E-state index contributed by atoms with van der Waals surface area (Å²) in [5.41, 5.74) is -0.125. The molecule has 90 valence electrons. The van der Waals surface area contributed by atoms with E-state index in [-0.39, 0.29) is 11.5 Å². The van der Waals surface area contributed by atoms with Crippen LogP contribution < -0.4 is 5.32 Å². The Bertz CT molecular complexity index is 188. The molecule has 0 aromatic rings.